The molecule has 0 aliphatic rings. The van der Waals surface area contributed by atoms with Gasteiger partial charge in [0.05, 0.1) is 8.61 Å². The molecule has 1 heterocycles. The Labute approximate surface area is 131 Å². The van der Waals surface area contributed by atoms with E-state index < -0.39 is 0 Å². The molecule has 4 heteroatoms. The largest absolute Gasteiger partial charge is 0.131 e. The predicted molar refractivity (Wildman–Crippen MR) is 86.4 cm³/mol. The van der Waals surface area contributed by atoms with Gasteiger partial charge in [-0.1, -0.05) is 34.1 Å². The van der Waals surface area contributed by atoms with E-state index in [9.17, 15) is 0 Å². The summed E-state index contributed by atoms with van der Waals surface area (Å²) < 4.78 is 2.26. The Morgan fingerprint density at radius 1 is 1.06 bits per heavy atom. The summed E-state index contributed by atoms with van der Waals surface area (Å²) in [6.45, 7) is 4.29. The molecule has 0 aliphatic heterocycles. The topological polar surface area (TPSA) is 0 Å². The summed E-state index contributed by atoms with van der Waals surface area (Å²) in [6, 6.07) is 8.76. The van der Waals surface area contributed by atoms with Crippen LogP contribution in [0.15, 0.2) is 32.5 Å². The Morgan fingerprint density at radius 2 is 1.76 bits per heavy atom. The normalized spacial score (nSPS) is 12.8. The first-order valence-electron chi connectivity index (χ1n) is 5.15. The van der Waals surface area contributed by atoms with Crippen molar-refractivity contribution >= 4 is 59.1 Å². The first-order chi connectivity index (χ1) is 7.99. The lowest BCUT2D eigenvalue weighted by atomic mass is 10.0. The fraction of sp³-hybridized carbons (Fsp3) is 0.231. The van der Waals surface area contributed by atoms with Crippen LogP contribution in [0.2, 0.25) is 0 Å². The Morgan fingerprint density at radius 3 is 2.29 bits per heavy atom. The summed E-state index contributed by atoms with van der Waals surface area (Å²) >= 11 is 12.6. The smallest absolute Gasteiger partial charge is 0.0843 e. The highest BCUT2D eigenvalue weighted by atomic mass is 79.9. The Bertz CT molecular complexity index is 526. The van der Waals surface area contributed by atoms with Crippen molar-refractivity contribution < 1.29 is 0 Å². The van der Waals surface area contributed by atoms with Gasteiger partial charge < -0.3 is 0 Å². The second kappa shape index (κ2) is 5.55. The third-order valence-corrected chi connectivity index (χ3v) is 7.38. The van der Waals surface area contributed by atoms with Crippen LogP contribution in [0.3, 0.4) is 0 Å². The highest BCUT2D eigenvalue weighted by Gasteiger charge is 2.15. The lowest BCUT2D eigenvalue weighted by Crippen LogP contribution is -1.91. The minimum Gasteiger partial charge on any atom is -0.131 e. The van der Waals surface area contributed by atoms with Crippen molar-refractivity contribution in [2.75, 3.05) is 0 Å². The summed E-state index contributed by atoms with van der Waals surface area (Å²) in [7, 11) is 0. The van der Waals surface area contributed by atoms with Crippen LogP contribution in [0.5, 0.6) is 0 Å². The number of alkyl halides is 1. The van der Waals surface area contributed by atoms with Gasteiger partial charge >= 0.3 is 0 Å². The van der Waals surface area contributed by atoms with Crippen molar-refractivity contribution in [3.63, 3.8) is 0 Å². The van der Waals surface area contributed by atoms with Crippen molar-refractivity contribution in [2.45, 2.75) is 18.7 Å². The zero-order valence-electron chi connectivity index (χ0n) is 9.43. The maximum absolute atomic E-state index is 3.77. The summed E-state index contributed by atoms with van der Waals surface area (Å²) in [5.41, 5.74) is 3.97. The molecule has 0 fully saturated rings. The van der Waals surface area contributed by atoms with E-state index in [-0.39, 0.29) is 4.83 Å². The van der Waals surface area contributed by atoms with Crippen LogP contribution < -0.4 is 0 Å². The van der Waals surface area contributed by atoms with Crippen LogP contribution in [-0.2, 0) is 0 Å². The molecular weight excluding hydrogens is 428 g/mol. The third-order valence-electron chi connectivity index (χ3n) is 2.74. The number of hydrogen-bond donors (Lipinski definition) is 0. The molecule has 0 N–H and O–H groups in total. The zero-order valence-corrected chi connectivity index (χ0v) is 15.0. The van der Waals surface area contributed by atoms with Gasteiger partial charge in [0.2, 0.25) is 0 Å². The number of aryl methyl sites for hydroxylation is 2. The van der Waals surface area contributed by atoms with E-state index in [2.05, 4.69) is 85.9 Å². The van der Waals surface area contributed by atoms with Gasteiger partial charge in [0, 0.05) is 9.35 Å². The molecule has 90 valence electrons. The molecule has 0 amide bonds. The van der Waals surface area contributed by atoms with Gasteiger partial charge in [0.1, 0.15) is 0 Å². The van der Waals surface area contributed by atoms with Crippen LogP contribution in [0.4, 0.5) is 0 Å². The fourth-order valence-electron chi connectivity index (χ4n) is 1.57. The van der Waals surface area contributed by atoms with Crippen LogP contribution in [0, 0.1) is 13.8 Å². The fourth-order valence-corrected chi connectivity index (χ4v) is 4.37. The number of halogens is 3. The molecule has 0 aliphatic carbocycles. The van der Waals surface area contributed by atoms with Gasteiger partial charge in [0.25, 0.3) is 0 Å². The highest BCUT2D eigenvalue weighted by Crippen LogP contribution is 2.41. The summed E-state index contributed by atoms with van der Waals surface area (Å²) in [4.78, 5) is 1.56. The number of rotatable bonds is 2. The molecule has 17 heavy (non-hydrogen) atoms. The van der Waals surface area contributed by atoms with E-state index in [1.54, 1.807) is 11.3 Å². The summed E-state index contributed by atoms with van der Waals surface area (Å²) in [6.07, 6.45) is 0. The van der Waals surface area contributed by atoms with Gasteiger partial charge in [-0.05, 0) is 68.5 Å². The third kappa shape index (κ3) is 3.03. The number of thiophene rings is 1. The quantitative estimate of drug-likeness (QED) is 0.477. The average Bonchev–Trinajstić information content (AvgIpc) is 2.62. The van der Waals surface area contributed by atoms with Gasteiger partial charge in [0.15, 0.2) is 0 Å². The molecule has 1 aromatic heterocycles. The van der Waals surface area contributed by atoms with Gasteiger partial charge in [-0.15, -0.1) is 11.3 Å². The summed E-state index contributed by atoms with van der Waals surface area (Å²) in [5, 5.41) is 0. The number of hydrogen-bond acceptors (Lipinski definition) is 1. The first kappa shape index (κ1) is 13.8. The Kier molecular flexibility index (Phi) is 4.50. The molecule has 0 nitrogen and oxygen atoms in total. The molecule has 0 bridgehead atoms. The van der Waals surface area contributed by atoms with E-state index in [4.69, 9.17) is 0 Å². The average molecular weight is 439 g/mol. The second-order valence-corrected chi connectivity index (χ2v) is 8.15. The van der Waals surface area contributed by atoms with Gasteiger partial charge in [-0.25, -0.2) is 0 Å². The Hall–Kier alpha value is 0.360. The zero-order chi connectivity index (χ0) is 12.6. The van der Waals surface area contributed by atoms with Crippen LogP contribution in [0.25, 0.3) is 0 Å². The van der Waals surface area contributed by atoms with Crippen molar-refractivity contribution in [3.8, 4) is 0 Å². The maximum Gasteiger partial charge on any atom is 0.0843 e. The minimum absolute atomic E-state index is 0.259. The minimum atomic E-state index is 0.259. The van der Waals surface area contributed by atoms with E-state index in [0.717, 1.165) is 8.26 Å². The molecule has 0 radical (unpaired) electrons. The molecular formula is C13H11Br3S. The molecule has 0 saturated carbocycles. The molecule has 1 aromatic carbocycles. The SMILES string of the molecule is Cc1ccc(C(Br)c2cc(Br)c(Br)s2)cc1C. The van der Waals surface area contributed by atoms with Gasteiger partial charge in [-0.2, -0.15) is 0 Å². The van der Waals surface area contributed by atoms with E-state index in [1.165, 1.54) is 21.6 Å². The monoisotopic (exact) mass is 436 g/mol. The van der Waals surface area contributed by atoms with Crippen LogP contribution in [0.1, 0.15) is 26.4 Å². The highest BCUT2D eigenvalue weighted by molar-refractivity contribution is 9.13. The van der Waals surface area contributed by atoms with Crippen molar-refractivity contribution in [1.29, 1.82) is 0 Å². The summed E-state index contributed by atoms with van der Waals surface area (Å²) in [5.74, 6) is 0. The standard InChI is InChI=1S/C13H11Br3S/c1-7-3-4-9(5-8(7)2)12(15)11-6-10(14)13(16)17-11/h3-6,12H,1-2H3. The second-order valence-electron chi connectivity index (χ2n) is 3.98. The molecule has 2 rings (SSSR count). The lowest BCUT2D eigenvalue weighted by Gasteiger charge is -2.10. The lowest BCUT2D eigenvalue weighted by molar-refractivity contribution is 1.19. The van der Waals surface area contributed by atoms with Gasteiger partial charge in [-0.3, -0.25) is 0 Å². The molecule has 0 spiro atoms. The maximum atomic E-state index is 3.77. The molecule has 1 atom stereocenters. The predicted octanol–water partition coefficient (Wildman–Crippen LogP) is 6.37. The first-order valence-corrected chi connectivity index (χ1v) is 8.47. The van der Waals surface area contributed by atoms with E-state index in [0.29, 0.717) is 0 Å². The van der Waals surface area contributed by atoms with E-state index in [1.807, 2.05) is 0 Å². The molecule has 2 aromatic rings. The van der Waals surface area contributed by atoms with Crippen LogP contribution in [-0.4, -0.2) is 0 Å². The van der Waals surface area contributed by atoms with Crippen molar-refractivity contribution in [2.24, 2.45) is 0 Å². The molecule has 1 unspecified atom stereocenters. The van der Waals surface area contributed by atoms with E-state index >= 15 is 0 Å². The molecule has 0 saturated heterocycles. The number of benzene rings is 1. The van der Waals surface area contributed by atoms with Crippen LogP contribution >= 0.6 is 59.1 Å². The Balaban J connectivity index is 2.36. The van der Waals surface area contributed by atoms with Crippen molar-refractivity contribution in [3.05, 3.63) is 54.1 Å². The van der Waals surface area contributed by atoms with Crippen molar-refractivity contribution in [1.82, 2.24) is 0 Å².